The number of amides is 2. The molecule has 0 spiro atoms. The lowest BCUT2D eigenvalue weighted by Crippen LogP contribution is -2.48. The predicted octanol–water partition coefficient (Wildman–Crippen LogP) is 2.71. The van der Waals surface area contributed by atoms with Gasteiger partial charge in [-0.3, -0.25) is 9.59 Å². The van der Waals surface area contributed by atoms with Gasteiger partial charge >= 0.3 is 0 Å². The van der Waals surface area contributed by atoms with Crippen molar-refractivity contribution in [1.29, 1.82) is 0 Å². The van der Waals surface area contributed by atoms with Crippen LogP contribution in [0.1, 0.15) is 43.6 Å². The lowest BCUT2D eigenvalue weighted by atomic mass is 9.83. The summed E-state index contributed by atoms with van der Waals surface area (Å²) in [4.78, 5) is 31.6. The lowest BCUT2D eigenvalue weighted by molar-refractivity contribution is -0.143. The first kappa shape index (κ1) is 20.9. The molecule has 29 heavy (non-hydrogen) atoms. The quantitative estimate of drug-likeness (QED) is 0.694. The fourth-order valence-corrected chi connectivity index (χ4v) is 4.13. The monoisotopic (exact) mass is 398 g/mol. The van der Waals surface area contributed by atoms with Crippen LogP contribution in [0, 0.1) is 12.8 Å². The molecule has 0 unspecified atom stereocenters. The normalized spacial score (nSPS) is 19.3. The molecule has 2 aromatic rings. The SMILES string of the molecule is CCN1C(=O)CC[C@@H](C(=O)NCCCn2ccnc2C)[C@@H]1c1ccccc1OC. The van der Waals surface area contributed by atoms with E-state index in [1.165, 1.54) is 0 Å². The fourth-order valence-electron chi connectivity index (χ4n) is 4.13. The minimum absolute atomic E-state index is 0.00536. The highest BCUT2D eigenvalue weighted by Crippen LogP contribution is 2.40. The molecular formula is C22H30N4O3. The van der Waals surface area contributed by atoms with E-state index in [1.54, 1.807) is 18.2 Å². The molecule has 0 aliphatic carbocycles. The van der Waals surface area contributed by atoms with E-state index in [-0.39, 0.29) is 23.8 Å². The van der Waals surface area contributed by atoms with Gasteiger partial charge in [0.15, 0.2) is 0 Å². The van der Waals surface area contributed by atoms with Crippen LogP contribution in [0.4, 0.5) is 0 Å². The summed E-state index contributed by atoms with van der Waals surface area (Å²) in [5.74, 6) is 1.46. The molecule has 0 radical (unpaired) electrons. The van der Waals surface area contributed by atoms with Crippen molar-refractivity contribution in [3.63, 3.8) is 0 Å². The second-order valence-electron chi connectivity index (χ2n) is 7.32. The summed E-state index contributed by atoms with van der Waals surface area (Å²) in [6.45, 7) is 5.88. The standard InChI is InChI=1S/C22H30N4O3/c1-4-26-20(27)11-10-18(21(26)17-8-5-6-9-19(17)29-3)22(28)24-12-7-14-25-15-13-23-16(25)2/h5-6,8-9,13,15,18,21H,4,7,10-12,14H2,1-3H3,(H,24,28)/t18-,21+/m1/s1. The van der Waals surface area contributed by atoms with Gasteiger partial charge < -0.3 is 19.5 Å². The summed E-state index contributed by atoms with van der Waals surface area (Å²) >= 11 is 0. The molecule has 1 N–H and O–H groups in total. The minimum atomic E-state index is -0.312. The van der Waals surface area contributed by atoms with Crippen LogP contribution in [0.25, 0.3) is 0 Å². The van der Waals surface area contributed by atoms with Crippen LogP contribution < -0.4 is 10.1 Å². The number of nitrogens with zero attached hydrogens (tertiary/aromatic N) is 3. The summed E-state index contributed by atoms with van der Waals surface area (Å²) in [7, 11) is 1.62. The summed E-state index contributed by atoms with van der Waals surface area (Å²) < 4.78 is 7.60. The first-order valence-electron chi connectivity index (χ1n) is 10.2. The molecule has 1 saturated heterocycles. The highest BCUT2D eigenvalue weighted by molar-refractivity contribution is 5.85. The molecule has 0 bridgehead atoms. The Balaban J connectivity index is 1.71. The number of methoxy groups -OCH3 is 1. The second-order valence-corrected chi connectivity index (χ2v) is 7.32. The number of carbonyl (C=O) groups is 2. The summed E-state index contributed by atoms with van der Waals surface area (Å²) in [5, 5.41) is 3.08. The molecule has 2 amide bonds. The molecule has 2 atom stereocenters. The van der Waals surface area contributed by atoms with Crippen molar-refractivity contribution in [2.45, 2.75) is 45.7 Å². The maximum absolute atomic E-state index is 13.1. The van der Waals surface area contributed by atoms with Crippen LogP contribution >= 0.6 is 0 Å². The lowest BCUT2D eigenvalue weighted by Gasteiger charge is -2.40. The first-order chi connectivity index (χ1) is 14.1. The Labute approximate surface area is 172 Å². The van der Waals surface area contributed by atoms with Crippen LogP contribution in [-0.4, -0.2) is 46.5 Å². The van der Waals surface area contributed by atoms with Gasteiger partial charge in [0, 0.05) is 44.0 Å². The Bertz CT molecular complexity index is 848. The van der Waals surface area contributed by atoms with E-state index in [4.69, 9.17) is 4.74 Å². The smallest absolute Gasteiger partial charge is 0.225 e. The van der Waals surface area contributed by atoms with E-state index < -0.39 is 0 Å². The van der Waals surface area contributed by atoms with Gasteiger partial charge in [0.05, 0.1) is 19.1 Å². The molecule has 1 fully saturated rings. The molecule has 0 saturated carbocycles. The topological polar surface area (TPSA) is 76.5 Å². The number of ether oxygens (including phenoxy) is 1. The molecule has 1 aliphatic rings. The number of benzene rings is 1. The summed E-state index contributed by atoms with van der Waals surface area (Å²) in [5.41, 5.74) is 0.888. The maximum Gasteiger partial charge on any atom is 0.225 e. The number of aromatic nitrogens is 2. The number of aryl methyl sites for hydroxylation is 2. The average molecular weight is 399 g/mol. The van der Waals surface area contributed by atoms with Crippen molar-refractivity contribution >= 4 is 11.8 Å². The third kappa shape index (κ3) is 4.60. The molecule has 3 rings (SSSR count). The Kier molecular flexibility index (Phi) is 6.90. The van der Waals surface area contributed by atoms with Gasteiger partial charge in [-0.25, -0.2) is 4.98 Å². The Hall–Kier alpha value is -2.83. The number of carbonyl (C=O) groups excluding carboxylic acids is 2. The van der Waals surface area contributed by atoms with Gasteiger partial charge in [-0.2, -0.15) is 0 Å². The number of piperidine rings is 1. The third-order valence-electron chi connectivity index (χ3n) is 5.64. The average Bonchev–Trinajstić information content (AvgIpc) is 3.15. The number of hydrogen-bond donors (Lipinski definition) is 1. The molecule has 1 aromatic carbocycles. The predicted molar refractivity (Wildman–Crippen MR) is 110 cm³/mol. The number of rotatable bonds is 8. The van der Waals surface area contributed by atoms with Crippen LogP contribution in [0.3, 0.4) is 0 Å². The van der Waals surface area contributed by atoms with Gasteiger partial charge in [0.2, 0.25) is 11.8 Å². The van der Waals surface area contributed by atoms with Gasteiger partial charge in [-0.15, -0.1) is 0 Å². The number of likely N-dealkylation sites (tertiary alicyclic amines) is 1. The van der Waals surface area contributed by atoms with Crippen LogP contribution in [-0.2, 0) is 16.1 Å². The van der Waals surface area contributed by atoms with E-state index in [1.807, 2.05) is 44.3 Å². The van der Waals surface area contributed by atoms with E-state index in [0.29, 0.717) is 31.7 Å². The minimum Gasteiger partial charge on any atom is -0.496 e. The molecule has 2 heterocycles. The van der Waals surface area contributed by atoms with Crippen molar-refractivity contribution in [2.75, 3.05) is 20.2 Å². The molecule has 1 aliphatic heterocycles. The van der Waals surface area contributed by atoms with E-state index in [0.717, 1.165) is 24.4 Å². The second kappa shape index (κ2) is 9.58. The molecule has 7 nitrogen and oxygen atoms in total. The van der Waals surface area contributed by atoms with Crippen molar-refractivity contribution in [3.8, 4) is 5.75 Å². The van der Waals surface area contributed by atoms with Crippen molar-refractivity contribution < 1.29 is 14.3 Å². The highest BCUT2D eigenvalue weighted by atomic mass is 16.5. The molecular weight excluding hydrogens is 368 g/mol. The maximum atomic E-state index is 13.1. The molecule has 1 aromatic heterocycles. The van der Waals surface area contributed by atoms with Gasteiger partial charge in [-0.05, 0) is 32.8 Å². The number of nitrogens with one attached hydrogen (secondary N) is 1. The van der Waals surface area contributed by atoms with E-state index >= 15 is 0 Å². The van der Waals surface area contributed by atoms with Crippen LogP contribution in [0.5, 0.6) is 5.75 Å². The molecule has 7 heteroatoms. The van der Waals surface area contributed by atoms with Crippen LogP contribution in [0.15, 0.2) is 36.7 Å². The zero-order valence-corrected chi connectivity index (χ0v) is 17.4. The van der Waals surface area contributed by atoms with Crippen molar-refractivity contribution in [1.82, 2.24) is 19.8 Å². The zero-order chi connectivity index (χ0) is 20.8. The van der Waals surface area contributed by atoms with Gasteiger partial charge in [-0.1, -0.05) is 18.2 Å². The number of para-hydroxylation sites is 1. The van der Waals surface area contributed by atoms with Gasteiger partial charge in [0.25, 0.3) is 0 Å². The Morgan fingerprint density at radius 3 is 2.83 bits per heavy atom. The van der Waals surface area contributed by atoms with E-state index in [2.05, 4.69) is 14.9 Å². The number of imidazole rings is 1. The summed E-state index contributed by atoms with van der Waals surface area (Å²) in [6.07, 6.45) is 5.49. The molecule has 156 valence electrons. The van der Waals surface area contributed by atoms with Gasteiger partial charge in [0.1, 0.15) is 11.6 Å². The van der Waals surface area contributed by atoms with Crippen molar-refractivity contribution in [2.24, 2.45) is 5.92 Å². The Morgan fingerprint density at radius 2 is 2.14 bits per heavy atom. The largest absolute Gasteiger partial charge is 0.496 e. The fraction of sp³-hybridized carbons (Fsp3) is 0.500. The zero-order valence-electron chi connectivity index (χ0n) is 17.4. The van der Waals surface area contributed by atoms with E-state index in [9.17, 15) is 9.59 Å². The summed E-state index contributed by atoms with van der Waals surface area (Å²) in [6, 6.07) is 7.34. The first-order valence-corrected chi connectivity index (χ1v) is 10.2. The third-order valence-corrected chi connectivity index (χ3v) is 5.64. The highest BCUT2D eigenvalue weighted by Gasteiger charge is 2.40. The van der Waals surface area contributed by atoms with Crippen LogP contribution in [0.2, 0.25) is 0 Å². The Morgan fingerprint density at radius 1 is 1.34 bits per heavy atom. The van der Waals surface area contributed by atoms with Crippen molar-refractivity contribution in [3.05, 3.63) is 48.0 Å². The number of hydrogen-bond acceptors (Lipinski definition) is 4.